The van der Waals surface area contributed by atoms with E-state index in [0.29, 0.717) is 6.10 Å². The monoisotopic (exact) mass is 296 g/mol. The highest BCUT2D eigenvalue weighted by molar-refractivity contribution is 7.12. The molecule has 3 nitrogen and oxygen atoms in total. The van der Waals surface area contributed by atoms with Crippen molar-refractivity contribution in [2.45, 2.75) is 52.3 Å². The first-order valence-electron chi connectivity index (χ1n) is 7.77. The third-order valence-corrected chi connectivity index (χ3v) is 5.08. The second-order valence-corrected chi connectivity index (χ2v) is 7.05. The third kappa shape index (κ3) is 4.55. The van der Waals surface area contributed by atoms with Gasteiger partial charge in [-0.2, -0.15) is 0 Å². The molecule has 20 heavy (non-hydrogen) atoms. The summed E-state index contributed by atoms with van der Waals surface area (Å²) in [5, 5.41) is 3.49. The molecule has 2 heterocycles. The van der Waals surface area contributed by atoms with Crippen LogP contribution in [-0.2, 0) is 17.8 Å². The van der Waals surface area contributed by atoms with Crippen molar-refractivity contribution in [3.8, 4) is 0 Å². The van der Waals surface area contributed by atoms with Gasteiger partial charge in [-0.15, -0.1) is 11.3 Å². The smallest absolute Gasteiger partial charge is 0.0698 e. The maximum atomic E-state index is 5.51. The zero-order chi connectivity index (χ0) is 14.4. The second kappa shape index (κ2) is 8.13. The minimum atomic E-state index is 0.424. The van der Waals surface area contributed by atoms with Gasteiger partial charge in [-0.05, 0) is 50.9 Å². The quantitative estimate of drug-likeness (QED) is 0.782. The Hall–Kier alpha value is -0.420. The van der Waals surface area contributed by atoms with Crippen LogP contribution in [0.5, 0.6) is 0 Å². The van der Waals surface area contributed by atoms with Crippen molar-refractivity contribution in [2.75, 3.05) is 26.7 Å². The van der Waals surface area contributed by atoms with Crippen molar-refractivity contribution in [1.82, 2.24) is 10.2 Å². The highest BCUT2D eigenvalue weighted by Crippen LogP contribution is 2.24. The van der Waals surface area contributed by atoms with Crippen molar-refractivity contribution in [2.24, 2.45) is 0 Å². The lowest BCUT2D eigenvalue weighted by molar-refractivity contribution is 0.0285. The molecule has 0 amide bonds. The minimum Gasteiger partial charge on any atom is -0.380 e. The van der Waals surface area contributed by atoms with E-state index in [9.17, 15) is 0 Å². The molecule has 1 unspecified atom stereocenters. The lowest BCUT2D eigenvalue weighted by Gasteiger charge is -2.31. The molecular weight excluding hydrogens is 268 g/mol. The summed E-state index contributed by atoms with van der Waals surface area (Å²) in [7, 11) is 1.83. The Morgan fingerprint density at radius 1 is 1.50 bits per heavy atom. The summed E-state index contributed by atoms with van der Waals surface area (Å²) in [4.78, 5) is 5.47. The number of hydrogen-bond acceptors (Lipinski definition) is 4. The fourth-order valence-corrected chi connectivity index (χ4v) is 3.83. The molecule has 0 radical (unpaired) electrons. The number of nitrogens with one attached hydrogen (secondary N) is 1. The number of methoxy groups -OCH3 is 1. The van der Waals surface area contributed by atoms with E-state index in [0.717, 1.165) is 26.2 Å². The van der Waals surface area contributed by atoms with Gasteiger partial charge in [0.25, 0.3) is 0 Å². The van der Waals surface area contributed by atoms with E-state index in [4.69, 9.17) is 4.74 Å². The molecule has 0 aliphatic carbocycles. The molecule has 0 saturated carbocycles. The van der Waals surface area contributed by atoms with Gasteiger partial charge in [-0.1, -0.05) is 6.92 Å². The fourth-order valence-electron chi connectivity index (χ4n) is 2.81. The number of thiophene rings is 1. The summed E-state index contributed by atoms with van der Waals surface area (Å²) >= 11 is 1.94. The molecule has 4 heteroatoms. The first kappa shape index (κ1) is 16.0. The maximum absolute atomic E-state index is 5.51. The number of aryl methyl sites for hydroxylation is 1. The van der Waals surface area contributed by atoms with Crippen LogP contribution in [-0.4, -0.2) is 37.7 Å². The fraction of sp³-hybridized carbons (Fsp3) is 0.750. The van der Waals surface area contributed by atoms with Gasteiger partial charge >= 0.3 is 0 Å². The number of likely N-dealkylation sites (tertiary alicyclic amines) is 1. The van der Waals surface area contributed by atoms with Crippen LogP contribution in [0.15, 0.2) is 6.07 Å². The van der Waals surface area contributed by atoms with E-state index < -0.39 is 0 Å². The van der Waals surface area contributed by atoms with E-state index in [2.05, 4.69) is 30.1 Å². The zero-order valence-electron chi connectivity index (χ0n) is 13.1. The Morgan fingerprint density at radius 3 is 3.10 bits per heavy atom. The molecule has 1 aliphatic heterocycles. The van der Waals surface area contributed by atoms with Gasteiger partial charge in [0.15, 0.2) is 0 Å². The van der Waals surface area contributed by atoms with E-state index in [-0.39, 0.29) is 0 Å². The largest absolute Gasteiger partial charge is 0.380 e. The summed E-state index contributed by atoms with van der Waals surface area (Å²) in [6.07, 6.45) is 4.09. The standard InChI is InChI=1S/C16H28N2OS/c1-4-7-17-10-16-9-14(13(2)20-16)11-18-8-5-6-15(12-18)19-3/h9,15,17H,4-8,10-12H2,1-3H3. The molecule has 1 aliphatic rings. The molecule has 1 N–H and O–H groups in total. The highest BCUT2D eigenvalue weighted by Gasteiger charge is 2.20. The molecule has 1 aromatic rings. The Bertz CT molecular complexity index is 405. The summed E-state index contributed by atoms with van der Waals surface area (Å²) in [5.74, 6) is 0. The average molecular weight is 296 g/mol. The van der Waals surface area contributed by atoms with Gasteiger partial charge in [0.1, 0.15) is 0 Å². The zero-order valence-corrected chi connectivity index (χ0v) is 13.9. The van der Waals surface area contributed by atoms with Crippen LogP contribution in [0.2, 0.25) is 0 Å². The highest BCUT2D eigenvalue weighted by atomic mass is 32.1. The minimum absolute atomic E-state index is 0.424. The Labute approximate surface area is 127 Å². The van der Waals surface area contributed by atoms with E-state index in [1.54, 1.807) is 0 Å². The van der Waals surface area contributed by atoms with Crippen molar-refractivity contribution in [3.63, 3.8) is 0 Å². The second-order valence-electron chi connectivity index (χ2n) is 5.71. The third-order valence-electron chi connectivity index (χ3n) is 3.99. The van der Waals surface area contributed by atoms with Crippen molar-refractivity contribution >= 4 is 11.3 Å². The van der Waals surface area contributed by atoms with Gasteiger partial charge in [-0.25, -0.2) is 0 Å². The molecule has 0 spiro atoms. The first-order valence-corrected chi connectivity index (χ1v) is 8.58. The predicted octanol–water partition coefficient (Wildman–Crippen LogP) is 3.17. The van der Waals surface area contributed by atoms with Gasteiger partial charge in [-0.3, -0.25) is 4.90 Å². The van der Waals surface area contributed by atoms with Crippen LogP contribution in [0, 0.1) is 6.92 Å². The van der Waals surface area contributed by atoms with Crippen molar-refractivity contribution in [1.29, 1.82) is 0 Å². The number of hydrogen-bond donors (Lipinski definition) is 1. The van der Waals surface area contributed by atoms with Crippen LogP contribution >= 0.6 is 11.3 Å². The summed E-state index contributed by atoms with van der Waals surface area (Å²) in [5.41, 5.74) is 1.50. The summed E-state index contributed by atoms with van der Waals surface area (Å²) < 4.78 is 5.51. The summed E-state index contributed by atoms with van der Waals surface area (Å²) in [6.45, 7) is 9.94. The number of nitrogens with zero attached hydrogens (tertiary/aromatic N) is 1. The lowest BCUT2D eigenvalue weighted by Crippen LogP contribution is -2.38. The lowest BCUT2D eigenvalue weighted by atomic mass is 10.1. The molecule has 0 aromatic carbocycles. The van der Waals surface area contributed by atoms with Crippen molar-refractivity contribution < 1.29 is 4.74 Å². The van der Waals surface area contributed by atoms with Crippen LogP contribution in [0.4, 0.5) is 0 Å². The molecule has 2 rings (SSSR count). The molecule has 114 valence electrons. The van der Waals surface area contributed by atoms with Crippen LogP contribution in [0.1, 0.15) is 41.5 Å². The average Bonchev–Trinajstić information content (AvgIpc) is 2.80. The topological polar surface area (TPSA) is 24.5 Å². The van der Waals surface area contributed by atoms with Crippen LogP contribution in [0.25, 0.3) is 0 Å². The summed E-state index contributed by atoms with van der Waals surface area (Å²) in [6, 6.07) is 2.39. The van der Waals surface area contributed by atoms with Crippen LogP contribution in [0.3, 0.4) is 0 Å². The molecule has 0 bridgehead atoms. The first-order chi connectivity index (χ1) is 9.72. The normalized spacial score (nSPS) is 20.4. The molecule has 1 saturated heterocycles. The molecule has 1 atom stereocenters. The predicted molar refractivity (Wildman–Crippen MR) is 86.4 cm³/mol. The van der Waals surface area contributed by atoms with Gasteiger partial charge in [0, 0.05) is 36.5 Å². The number of piperidine rings is 1. The number of rotatable bonds is 7. The Balaban J connectivity index is 1.88. The maximum Gasteiger partial charge on any atom is 0.0698 e. The van der Waals surface area contributed by atoms with Crippen LogP contribution < -0.4 is 5.32 Å². The number of ether oxygens (including phenoxy) is 1. The Kier molecular flexibility index (Phi) is 6.49. The molecule has 1 aromatic heterocycles. The Morgan fingerprint density at radius 2 is 2.35 bits per heavy atom. The van der Waals surface area contributed by atoms with Gasteiger partial charge in [0.05, 0.1) is 6.10 Å². The SMILES string of the molecule is CCCNCc1cc(CN2CCCC(OC)C2)c(C)s1. The van der Waals surface area contributed by atoms with Crippen molar-refractivity contribution in [3.05, 3.63) is 21.4 Å². The van der Waals surface area contributed by atoms with E-state index in [1.807, 2.05) is 18.4 Å². The molecular formula is C16H28N2OS. The van der Waals surface area contributed by atoms with E-state index >= 15 is 0 Å². The van der Waals surface area contributed by atoms with E-state index in [1.165, 1.54) is 41.1 Å². The van der Waals surface area contributed by atoms with Gasteiger partial charge in [0.2, 0.25) is 0 Å². The molecule has 1 fully saturated rings. The van der Waals surface area contributed by atoms with Gasteiger partial charge < -0.3 is 10.1 Å².